The third kappa shape index (κ3) is 5.36. The third-order valence-corrected chi connectivity index (χ3v) is 2.57. The SMILES string of the molecule is CN(C)c1ccc(CO)cc1OCCOCCN=[N+]=[N-]. The molecular weight excluding hydrogens is 260 g/mol. The number of ether oxygens (including phenoxy) is 2. The first-order chi connectivity index (χ1) is 9.69. The van der Waals surface area contributed by atoms with Crippen LogP contribution in [0.2, 0.25) is 0 Å². The van der Waals surface area contributed by atoms with Crippen LogP contribution < -0.4 is 9.64 Å². The highest BCUT2D eigenvalue weighted by Gasteiger charge is 2.07. The van der Waals surface area contributed by atoms with Crippen LogP contribution in [0.1, 0.15) is 5.56 Å². The summed E-state index contributed by atoms with van der Waals surface area (Å²) in [5.41, 5.74) is 9.84. The molecular formula is C13H20N4O3. The van der Waals surface area contributed by atoms with Gasteiger partial charge in [-0.1, -0.05) is 11.2 Å². The van der Waals surface area contributed by atoms with Crippen LogP contribution in [0, 0.1) is 0 Å². The zero-order valence-electron chi connectivity index (χ0n) is 11.8. The summed E-state index contributed by atoms with van der Waals surface area (Å²) in [5, 5.41) is 12.5. The summed E-state index contributed by atoms with van der Waals surface area (Å²) in [7, 11) is 3.86. The van der Waals surface area contributed by atoms with Crippen molar-refractivity contribution in [3.8, 4) is 5.75 Å². The summed E-state index contributed by atoms with van der Waals surface area (Å²) in [6.07, 6.45) is 0. The number of hydrogen-bond acceptors (Lipinski definition) is 5. The van der Waals surface area contributed by atoms with E-state index in [1.807, 2.05) is 37.2 Å². The zero-order valence-corrected chi connectivity index (χ0v) is 11.8. The van der Waals surface area contributed by atoms with E-state index in [2.05, 4.69) is 10.0 Å². The molecule has 7 nitrogen and oxygen atoms in total. The van der Waals surface area contributed by atoms with Crippen molar-refractivity contribution in [2.75, 3.05) is 45.4 Å². The van der Waals surface area contributed by atoms with Gasteiger partial charge in [0.05, 0.1) is 25.5 Å². The number of hydrogen-bond donors (Lipinski definition) is 1. The van der Waals surface area contributed by atoms with E-state index in [-0.39, 0.29) is 6.61 Å². The Balaban J connectivity index is 2.47. The minimum absolute atomic E-state index is 0.0211. The summed E-state index contributed by atoms with van der Waals surface area (Å²) in [6.45, 7) is 1.49. The molecule has 1 rings (SSSR count). The molecule has 1 aromatic carbocycles. The minimum Gasteiger partial charge on any atom is -0.489 e. The molecule has 0 fully saturated rings. The number of benzene rings is 1. The van der Waals surface area contributed by atoms with Gasteiger partial charge in [-0.15, -0.1) is 0 Å². The van der Waals surface area contributed by atoms with E-state index in [1.54, 1.807) is 0 Å². The fourth-order valence-electron chi connectivity index (χ4n) is 1.60. The first-order valence-corrected chi connectivity index (χ1v) is 6.31. The fourth-order valence-corrected chi connectivity index (χ4v) is 1.60. The Bertz CT molecular complexity index is 459. The van der Waals surface area contributed by atoms with Gasteiger partial charge in [0.25, 0.3) is 0 Å². The first kappa shape index (κ1) is 16.1. The van der Waals surface area contributed by atoms with Crippen molar-refractivity contribution in [1.29, 1.82) is 0 Å². The highest BCUT2D eigenvalue weighted by atomic mass is 16.5. The van der Waals surface area contributed by atoms with Gasteiger partial charge in [0, 0.05) is 25.6 Å². The molecule has 0 aliphatic carbocycles. The van der Waals surface area contributed by atoms with Gasteiger partial charge >= 0.3 is 0 Å². The van der Waals surface area contributed by atoms with E-state index in [0.29, 0.717) is 32.1 Å². The molecule has 0 unspecified atom stereocenters. The van der Waals surface area contributed by atoms with Gasteiger partial charge < -0.3 is 19.5 Å². The van der Waals surface area contributed by atoms with Crippen molar-refractivity contribution in [3.63, 3.8) is 0 Å². The number of aliphatic hydroxyl groups excluding tert-OH is 1. The zero-order chi connectivity index (χ0) is 14.8. The molecule has 110 valence electrons. The molecule has 0 aromatic heterocycles. The van der Waals surface area contributed by atoms with Gasteiger partial charge in [-0.2, -0.15) is 0 Å². The molecule has 0 aliphatic heterocycles. The van der Waals surface area contributed by atoms with E-state index >= 15 is 0 Å². The van der Waals surface area contributed by atoms with Crippen LogP contribution in [-0.4, -0.2) is 45.6 Å². The van der Waals surface area contributed by atoms with Crippen LogP contribution in [0.4, 0.5) is 5.69 Å². The summed E-state index contributed by atoms with van der Waals surface area (Å²) >= 11 is 0. The van der Waals surface area contributed by atoms with Gasteiger partial charge in [0.15, 0.2) is 0 Å². The fraction of sp³-hybridized carbons (Fsp3) is 0.538. The quantitative estimate of drug-likeness (QED) is 0.324. The molecule has 0 spiro atoms. The standard InChI is InChI=1S/C13H20N4O3/c1-17(2)12-4-3-11(10-18)9-13(12)20-8-7-19-6-5-15-16-14/h3-4,9,18H,5-8,10H2,1-2H3. The van der Waals surface area contributed by atoms with E-state index in [9.17, 15) is 0 Å². The molecule has 0 saturated heterocycles. The van der Waals surface area contributed by atoms with Crippen LogP contribution in [0.5, 0.6) is 5.75 Å². The average molecular weight is 280 g/mol. The Hall–Kier alpha value is -1.95. The van der Waals surface area contributed by atoms with Crippen LogP contribution in [0.3, 0.4) is 0 Å². The van der Waals surface area contributed by atoms with Gasteiger partial charge in [0.2, 0.25) is 0 Å². The lowest BCUT2D eigenvalue weighted by Gasteiger charge is -2.18. The van der Waals surface area contributed by atoms with Gasteiger partial charge in [0.1, 0.15) is 12.4 Å². The lowest BCUT2D eigenvalue weighted by Crippen LogP contribution is -2.13. The number of aliphatic hydroxyl groups is 1. The predicted octanol–water partition coefficient (Wildman–Crippen LogP) is 1.95. The van der Waals surface area contributed by atoms with Gasteiger partial charge in [-0.05, 0) is 23.2 Å². The Morgan fingerprint density at radius 2 is 2.10 bits per heavy atom. The number of nitrogens with zero attached hydrogens (tertiary/aromatic N) is 4. The van der Waals surface area contributed by atoms with Crippen LogP contribution >= 0.6 is 0 Å². The van der Waals surface area contributed by atoms with Gasteiger partial charge in [-0.25, -0.2) is 0 Å². The van der Waals surface area contributed by atoms with Crippen molar-refractivity contribution in [2.45, 2.75) is 6.61 Å². The minimum atomic E-state index is -0.0211. The topological polar surface area (TPSA) is 90.7 Å². The van der Waals surface area contributed by atoms with Crippen molar-refractivity contribution in [1.82, 2.24) is 0 Å². The first-order valence-electron chi connectivity index (χ1n) is 6.31. The highest BCUT2D eigenvalue weighted by Crippen LogP contribution is 2.28. The van der Waals surface area contributed by atoms with E-state index < -0.39 is 0 Å². The summed E-state index contributed by atoms with van der Waals surface area (Å²) < 4.78 is 10.9. The largest absolute Gasteiger partial charge is 0.489 e. The maximum absolute atomic E-state index is 9.15. The third-order valence-electron chi connectivity index (χ3n) is 2.57. The Labute approximate surface area is 118 Å². The van der Waals surface area contributed by atoms with Crippen molar-refractivity contribution >= 4 is 5.69 Å². The average Bonchev–Trinajstić information content (AvgIpc) is 2.45. The van der Waals surface area contributed by atoms with Crippen molar-refractivity contribution in [2.24, 2.45) is 5.11 Å². The molecule has 20 heavy (non-hydrogen) atoms. The summed E-state index contributed by atoms with van der Waals surface area (Å²) in [6, 6.07) is 5.58. The normalized spacial score (nSPS) is 9.95. The Kier molecular flexibility index (Phi) is 7.27. The molecule has 1 aromatic rings. The van der Waals surface area contributed by atoms with Crippen LogP contribution in [-0.2, 0) is 11.3 Å². The van der Waals surface area contributed by atoms with E-state index in [4.69, 9.17) is 20.1 Å². The molecule has 0 bridgehead atoms. The lowest BCUT2D eigenvalue weighted by atomic mass is 10.2. The molecule has 7 heteroatoms. The van der Waals surface area contributed by atoms with Crippen LogP contribution in [0.25, 0.3) is 10.4 Å². The second-order valence-corrected chi connectivity index (χ2v) is 4.27. The van der Waals surface area contributed by atoms with Crippen molar-refractivity contribution < 1.29 is 14.6 Å². The maximum Gasteiger partial charge on any atom is 0.143 e. The summed E-state index contributed by atoms with van der Waals surface area (Å²) in [4.78, 5) is 4.58. The number of anilines is 1. The van der Waals surface area contributed by atoms with E-state index in [1.165, 1.54) is 0 Å². The smallest absolute Gasteiger partial charge is 0.143 e. The molecule has 0 atom stereocenters. The number of rotatable bonds is 9. The molecule has 0 radical (unpaired) electrons. The highest BCUT2D eigenvalue weighted by molar-refractivity contribution is 5.58. The molecule has 0 heterocycles. The Morgan fingerprint density at radius 3 is 2.75 bits per heavy atom. The van der Waals surface area contributed by atoms with Gasteiger partial charge in [-0.3, -0.25) is 0 Å². The molecule has 0 amide bonds. The number of azide groups is 1. The molecule has 0 saturated carbocycles. The van der Waals surface area contributed by atoms with E-state index in [0.717, 1.165) is 11.3 Å². The second-order valence-electron chi connectivity index (χ2n) is 4.27. The predicted molar refractivity (Wildman–Crippen MR) is 77.0 cm³/mol. The molecule has 0 aliphatic rings. The summed E-state index contributed by atoms with van der Waals surface area (Å²) in [5.74, 6) is 0.709. The molecule has 1 N–H and O–H groups in total. The monoisotopic (exact) mass is 280 g/mol. The lowest BCUT2D eigenvalue weighted by molar-refractivity contribution is 0.106. The second kappa shape index (κ2) is 9.03. The maximum atomic E-state index is 9.15. The Morgan fingerprint density at radius 1 is 1.30 bits per heavy atom. The van der Waals surface area contributed by atoms with Crippen LogP contribution in [0.15, 0.2) is 23.3 Å². The van der Waals surface area contributed by atoms with Crippen molar-refractivity contribution in [3.05, 3.63) is 34.2 Å².